The van der Waals surface area contributed by atoms with Gasteiger partial charge in [0.1, 0.15) is 0 Å². The van der Waals surface area contributed by atoms with Crippen LogP contribution in [0.25, 0.3) is 10.9 Å². The highest BCUT2D eigenvalue weighted by Gasteiger charge is 2.37. The molecule has 3 atom stereocenters. The molecule has 1 aliphatic heterocycles. The molecule has 0 radical (unpaired) electrons. The minimum Gasteiger partial charge on any atom is -0.370 e. The highest BCUT2D eigenvalue weighted by molar-refractivity contribution is 5.88. The Labute approximate surface area is 154 Å². The number of nitrogens with two attached hydrogens (primary N) is 1. The second-order valence-corrected chi connectivity index (χ2v) is 7.78. The molecule has 1 fully saturated rings. The third kappa shape index (κ3) is 3.10. The number of nitrogens with zero attached hydrogens (tertiary/aromatic N) is 2. The van der Waals surface area contributed by atoms with Crippen LogP contribution in [-0.2, 0) is 11.2 Å². The molecule has 1 aromatic carbocycles. The molecular weight excluding hydrogens is 324 g/mol. The van der Waals surface area contributed by atoms with E-state index >= 15 is 0 Å². The number of rotatable bonds is 6. The molecule has 2 aliphatic rings. The van der Waals surface area contributed by atoms with Crippen molar-refractivity contribution >= 4 is 16.8 Å². The van der Waals surface area contributed by atoms with Crippen LogP contribution in [0.4, 0.5) is 0 Å². The monoisotopic (exact) mass is 350 g/mol. The molecule has 0 bridgehead atoms. The first-order valence-electron chi connectivity index (χ1n) is 9.68. The Morgan fingerprint density at radius 3 is 3.15 bits per heavy atom. The van der Waals surface area contributed by atoms with Gasteiger partial charge in [0.15, 0.2) is 0 Å². The molecule has 1 saturated heterocycles. The van der Waals surface area contributed by atoms with Crippen LogP contribution in [0.1, 0.15) is 49.1 Å². The number of amides is 1. The molecule has 2 unspecified atom stereocenters. The molecule has 2 heterocycles. The fourth-order valence-electron chi connectivity index (χ4n) is 4.97. The van der Waals surface area contributed by atoms with Gasteiger partial charge in [0.25, 0.3) is 0 Å². The van der Waals surface area contributed by atoms with Crippen LogP contribution in [0, 0.1) is 17.2 Å². The van der Waals surface area contributed by atoms with Gasteiger partial charge in [-0.2, -0.15) is 5.26 Å². The Bertz CT molecular complexity index is 849. The molecular formula is C21H26N4O. The van der Waals surface area contributed by atoms with Gasteiger partial charge in [-0.3, -0.25) is 9.69 Å². The lowest BCUT2D eigenvalue weighted by Gasteiger charge is -2.44. The average Bonchev–Trinajstić information content (AvgIpc) is 3.06. The fraction of sp³-hybridized carbons (Fsp3) is 0.524. The summed E-state index contributed by atoms with van der Waals surface area (Å²) in [5, 5.41) is 11.0. The Hall–Kier alpha value is -2.32. The van der Waals surface area contributed by atoms with E-state index in [1.54, 1.807) is 0 Å². The molecule has 5 nitrogen and oxygen atoms in total. The molecule has 136 valence electrons. The number of benzene rings is 1. The van der Waals surface area contributed by atoms with Crippen LogP contribution in [0.15, 0.2) is 24.4 Å². The van der Waals surface area contributed by atoms with Crippen LogP contribution in [0.3, 0.4) is 0 Å². The third-order valence-corrected chi connectivity index (χ3v) is 6.16. The van der Waals surface area contributed by atoms with Crippen molar-refractivity contribution in [1.29, 1.82) is 5.26 Å². The normalized spacial score (nSPS) is 23.3. The quantitative estimate of drug-likeness (QED) is 0.839. The average molecular weight is 350 g/mol. The van der Waals surface area contributed by atoms with Crippen LogP contribution in [0.5, 0.6) is 0 Å². The number of primary amides is 1. The SMILES string of the molecule is N#CC(CCCC(N)=O)CN1CCCC2c3cccc4[nH]cc(c34)C[C@H]21. The van der Waals surface area contributed by atoms with Crippen molar-refractivity contribution in [3.63, 3.8) is 0 Å². The third-order valence-electron chi connectivity index (χ3n) is 6.16. The van der Waals surface area contributed by atoms with Crippen LogP contribution < -0.4 is 5.73 Å². The van der Waals surface area contributed by atoms with E-state index in [4.69, 9.17) is 5.73 Å². The number of aromatic amines is 1. The van der Waals surface area contributed by atoms with Crippen molar-refractivity contribution in [2.45, 2.75) is 50.5 Å². The van der Waals surface area contributed by atoms with E-state index in [0.717, 1.165) is 25.9 Å². The maximum Gasteiger partial charge on any atom is 0.217 e. The van der Waals surface area contributed by atoms with E-state index in [1.165, 1.54) is 34.9 Å². The van der Waals surface area contributed by atoms with Gasteiger partial charge in [-0.15, -0.1) is 0 Å². The van der Waals surface area contributed by atoms with Gasteiger partial charge in [0, 0.05) is 42.0 Å². The summed E-state index contributed by atoms with van der Waals surface area (Å²) in [6, 6.07) is 9.53. The number of hydrogen-bond donors (Lipinski definition) is 2. The first-order valence-corrected chi connectivity index (χ1v) is 9.68. The highest BCUT2D eigenvalue weighted by Crippen LogP contribution is 2.43. The molecule has 4 rings (SSSR count). The first-order chi connectivity index (χ1) is 12.7. The number of nitrogens with one attached hydrogen (secondary N) is 1. The molecule has 0 spiro atoms. The van der Waals surface area contributed by atoms with Crippen molar-refractivity contribution in [1.82, 2.24) is 9.88 Å². The largest absolute Gasteiger partial charge is 0.370 e. The van der Waals surface area contributed by atoms with Crippen LogP contribution in [-0.4, -0.2) is 34.9 Å². The summed E-state index contributed by atoms with van der Waals surface area (Å²) >= 11 is 0. The molecule has 2 aromatic rings. The Balaban J connectivity index is 1.51. The van der Waals surface area contributed by atoms with Crippen molar-refractivity contribution in [3.8, 4) is 6.07 Å². The number of fused-ring (bicyclic) bond motifs is 2. The summed E-state index contributed by atoms with van der Waals surface area (Å²) in [6.07, 6.45) is 7.45. The summed E-state index contributed by atoms with van der Waals surface area (Å²) in [6.45, 7) is 1.86. The maximum absolute atomic E-state index is 11.0. The van der Waals surface area contributed by atoms with Gasteiger partial charge in [-0.05, 0) is 55.8 Å². The predicted molar refractivity (Wildman–Crippen MR) is 101 cm³/mol. The lowest BCUT2D eigenvalue weighted by atomic mass is 9.75. The Morgan fingerprint density at radius 2 is 2.35 bits per heavy atom. The predicted octanol–water partition coefficient (Wildman–Crippen LogP) is 3.07. The lowest BCUT2D eigenvalue weighted by Crippen LogP contribution is -2.48. The number of aromatic nitrogens is 1. The second kappa shape index (κ2) is 7.13. The zero-order chi connectivity index (χ0) is 18.1. The Kier molecular flexibility index (Phi) is 4.69. The summed E-state index contributed by atoms with van der Waals surface area (Å²) in [5.41, 5.74) is 9.36. The summed E-state index contributed by atoms with van der Waals surface area (Å²) < 4.78 is 0. The second-order valence-electron chi connectivity index (χ2n) is 7.78. The molecule has 1 amide bonds. The van der Waals surface area contributed by atoms with Gasteiger partial charge in [0.05, 0.1) is 12.0 Å². The fourth-order valence-corrected chi connectivity index (χ4v) is 4.97. The van der Waals surface area contributed by atoms with Gasteiger partial charge >= 0.3 is 0 Å². The van der Waals surface area contributed by atoms with Gasteiger partial charge in [-0.25, -0.2) is 0 Å². The molecule has 0 saturated carbocycles. The minimum atomic E-state index is -0.278. The molecule has 1 aromatic heterocycles. The highest BCUT2D eigenvalue weighted by atomic mass is 16.1. The summed E-state index contributed by atoms with van der Waals surface area (Å²) in [4.78, 5) is 16.9. The summed E-state index contributed by atoms with van der Waals surface area (Å²) in [7, 11) is 0. The van der Waals surface area contributed by atoms with Crippen molar-refractivity contribution < 1.29 is 4.79 Å². The van der Waals surface area contributed by atoms with E-state index in [9.17, 15) is 10.1 Å². The number of H-pyrrole nitrogens is 1. The number of carbonyl (C=O) groups excluding carboxylic acids is 1. The molecule has 5 heteroatoms. The van der Waals surface area contributed by atoms with Gasteiger partial charge in [-0.1, -0.05) is 12.1 Å². The maximum atomic E-state index is 11.0. The number of hydrogen-bond acceptors (Lipinski definition) is 3. The first kappa shape index (κ1) is 17.1. The number of piperidine rings is 1. The smallest absolute Gasteiger partial charge is 0.217 e. The van der Waals surface area contributed by atoms with E-state index < -0.39 is 0 Å². The van der Waals surface area contributed by atoms with Crippen LogP contribution >= 0.6 is 0 Å². The zero-order valence-electron chi connectivity index (χ0n) is 15.1. The van der Waals surface area contributed by atoms with Crippen molar-refractivity contribution in [3.05, 3.63) is 35.5 Å². The van der Waals surface area contributed by atoms with E-state index in [0.29, 0.717) is 24.8 Å². The van der Waals surface area contributed by atoms with E-state index in [1.807, 2.05) is 0 Å². The minimum absolute atomic E-state index is 0.0310. The van der Waals surface area contributed by atoms with Crippen molar-refractivity contribution in [2.75, 3.05) is 13.1 Å². The Morgan fingerprint density at radius 1 is 1.46 bits per heavy atom. The van der Waals surface area contributed by atoms with E-state index in [2.05, 4.69) is 40.3 Å². The van der Waals surface area contributed by atoms with Crippen molar-refractivity contribution in [2.24, 2.45) is 11.7 Å². The zero-order valence-corrected chi connectivity index (χ0v) is 15.1. The van der Waals surface area contributed by atoms with Gasteiger partial charge in [0.2, 0.25) is 5.91 Å². The topological polar surface area (TPSA) is 85.9 Å². The number of nitriles is 1. The van der Waals surface area contributed by atoms with E-state index in [-0.39, 0.29) is 11.8 Å². The van der Waals surface area contributed by atoms with Crippen LogP contribution in [0.2, 0.25) is 0 Å². The molecule has 3 N–H and O–H groups in total. The molecule has 1 aliphatic carbocycles. The lowest BCUT2D eigenvalue weighted by molar-refractivity contribution is -0.118. The van der Waals surface area contributed by atoms with Gasteiger partial charge < -0.3 is 10.7 Å². The molecule has 26 heavy (non-hydrogen) atoms. The summed E-state index contributed by atoms with van der Waals surface area (Å²) in [5.74, 6) is 0.248. The number of carbonyl (C=O) groups is 1. The standard InChI is InChI=1S/C21H26N4O/c22-11-14(4-1-8-20(23)26)13-25-9-3-6-16-17-5-2-7-18-21(17)15(12-24-18)10-19(16)25/h2,5,7,12,14,16,19,24H,1,3-4,6,8-10,13H2,(H2,23,26)/t14?,16?,19-/m1/s1. The number of likely N-dealkylation sites (tertiary alicyclic amines) is 1.